The molecule has 1 aliphatic rings. The summed E-state index contributed by atoms with van der Waals surface area (Å²) < 4.78 is 78.7. The number of anilines is 2. The smallest absolute Gasteiger partial charge is 0.394 e. The second kappa shape index (κ2) is 10.4. The van der Waals surface area contributed by atoms with Crippen molar-refractivity contribution in [2.24, 2.45) is 0 Å². The summed E-state index contributed by atoms with van der Waals surface area (Å²) in [7, 11) is -3.68. The van der Waals surface area contributed by atoms with Crippen LogP contribution in [0.25, 0.3) is 0 Å². The number of hydrogen-bond acceptors (Lipinski definition) is 6. The van der Waals surface area contributed by atoms with Crippen molar-refractivity contribution in [1.29, 1.82) is 0 Å². The molecule has 3 N–H and O–H groups in total. The molecule has 1 aromatic heterocycles. The first-order chi connectivity index (χ1) is 16.3. The minimum atomic E-state index is -4.65. The van der Waals surface area contributed by atoms with E-state index in [0.717, 1.165) is 18.4 Å². The molecule has 8 nitrogen and oxygen atoms in total. The van der Waals surface area contributed by atoms with Crippen molar-refractivity contribution in [2.75, 3.05) is 29.0 Å². The molecule has 1 amide bonds. The van der Waals surface area contributed by atoms with Gasteiger partial charge in [0, 0.05) is 18.7 Å². The van der Waals surface area contributed by atoms with Gasteiger partial charge in [-0.25, -0.2) is 17.8 Å². The number of nitrogens with one attached hydrogen (secondary N) is 2. The number of rotatable bonds is 8. The first-order valence-corrected chi connectivity index (χ1v) is 12.7. The Labute approximate surface area is 200 Å². The third-order valence-corrected chi connectivity index (χ3v) is 6.33. The molecule has 0 radical (unpaired) electrons. The van der Waals surface area contributed by atoms with Crippen LogP contribution in [0.15, 0.2) is 30.3 Å². The highest BCUT2D eigenvalue weighted by Gasteiger charge is 2.35. The Balaban J connectivity index is 1.78. The summed E-state index contributed by atoms with van der Waals surface area (Å²) in [5.74, 6) is -2.16. The zero-order chi connectivity index (χ0) is 26.0. The van der Waals surface area contributed by atoms with Crippen LogP contribution in [0, 0.1) is 5.82 Å². The number of hydrogen-bond donors (Lipinski definition) is 3. The molecule has 1 saturated heterocycles. The van der Waals surface area contributed by atoms with Gasteiger partial charge in [0.15, 0.2) is 0 Å². The number of alkyl halides is 3. The lowest BCUT2D eigenvalue weighted by Crippen LogP contribution is -2.35. The maximum atomic E-state index is 14.3. The molecule has 1 fully saturated rings. The number of sulfonamides is 1. The van der Waals surface area contributed by atoms with Gasteiger partial charge < -0.3 is 15.3 Å². The molecule has 0 unspecified atom stereocenters. The molecule has 2 heterocycles. The number of pyridine rings is 1. The normalized spacial score (nSPS) is 17.3. The van der Waals surface area contributed by atoms with Gasteiger partial charge >= 0.3 is 6.18 Å². The van der Waals surface area contributed by atoms with Gasteiger partial charge in [0.1, 0.15) is 17.3 Å². The standard InChI is InChI=1S/C22H26F4N4O4S/c1-13(14-5-7-18(17(23)10-14)29-35(2,33)34)21(32)27-11-15-6-8-19(22(24,25)26)28-20(15)30-9-3-4-16(30)12-31/h5-8,10,13,16,29,31H,3-4,9,11-12H2,1-2H3,(H,27,32)/t13-,16-/m0/s1. The fourth-order valence-electron chi connectivity index (χ4n) is 3.90. The van der Waals surface area contributed by atoms with Gasteiger partial charge in [-0.05, 0) is 43.5 Å². The van der Waals surface area contributed by atoms with Crippen molar-refractivity contribution in [3.63, 3.8) is 0 Å². The summed E-state index contributed by atoms with van der Waals surface area (Å²) in [5.41, 5.74) is -0.700. The van der Waals surface area contributed by atoms with Crippen LogP contribution in [-0.2, 0) is 27.5 Å². The molecule has 0 bridgehead atoms. The first-order valence-electron chi connectivity index (χ1n) is 10.8. The lowest BCUT2D eigenvalue weighted by Gasteiger charge is -2.27. The van der Waals surface area contributed by atoms with E-state index >= 15 is 0 Å². The molecule has 2 atom stereocenters. The average Bonchev–Trinajstić information content (AvgIpc) is 3.25. The van der Waals surface area contributed by atoms with Crippen molar-refractivity contribution >= 4 is 27.4 Å². The molecule has 2 aromatic rings. The number of carbonyl (C=O) groups excluding carboxylic acids is 1. The van der Waals surface area contributed by atoms with Gasteiger partial charge in [0.2, 0.25) is 15.9 Å². The Bertz CT molecular complexity index is 1190. The van der Waals surface area contributed by atoms with Crippen molar-refractivity contribution in [3.8, 4) is 0 Å². The number of aromatic nitrogens is 1. The van der Waals surface area contributed by atoms with Crippen LogP contribution in [0.2, 0.25) is 0 Å². The van der Waals surface area contributed by atoms with E-state index in [2.05, 4.69) is 10.3 Å². The number of carbonyl (C=O) groups is 1. The third-order valence-electron chi connectivity index (χ3n) is 5.74. The SMILES string of the molecule is C[C@H](C(=O)NCc1ccc(C(F)(F)F)nc1N1CCC[C@H]1CO)c1ccc(NS(C)(=O)=O)c(F)c1. The molecule has 1 aromatic carbocycles. The van der Waals surface area contributed by atoms with E-state index in [-0.39, 0.29) is 36.3 Å². The number of aliphatic hydroxyl groups is 1. The Morgan fingerprint density at radius 1 is 1.29 bits per heavy atom. The molecule has 3 rings (SSSR count). The van der Waals surface area contributed by atoms with Crippen molar-refractivity contribution in [1.82, 2.24) is 10.3 Å². The van der Waals surface area contributed by atoms with E-state index in [0.29, 0.717) is 24.9 Å². The van der Waals surface area contributed by atoms with E-state index in [9.17, 15) is 35.9 Å². The van der Waals surface area contributed by atoms with Crippen LogP contribution in [0.5, 0.6) is 0 Å². The van der Waals surface area contributed by atoms with E-state index in [1.165, 1.54) is 25.1 Å². The molecule has 192 valence electrons. The van der Waals surface area contributed by atoms with E-state index in [1.54, 1.807) is 4.90 Å². The molecule has 35 heavy (non-hydrogen) atoms. The van der Waals surface area contributed by atoms with Gasteiger partial charge in [-0.3, -0.25) is 9.52 Å². The third kappa shape index (κ3) is 6.60. The highest BCUT2D eigenvalue weighted by Crippen LogP contribution is 2.33. The van der Waals surface area contributed by atoms with Crippen LogP contribution < -0.4 is 14.9 Å². The molecular formula is C22H26F4N4O4S. The Morgan fingerprint density at radius 2 is 2.00 bits per heavy atom. The van der Waals surface area contributed by atoms with Crippen molar-refractivity contribution in [2.45, 2.75) is 44.4 Å². The maximum Gasteiger partial charge on any atom is 0.433 e. The Morgan fingerprint density at radius 3 is 2.60 bits per heavy atom. The average molecular weight is 519 g/mol. The van der Waals surface area contributed by atoms with Gasteiger partial charge in [-0.1, -0.05) is 12.1 Å². The van der Waals surface area contributed by atoms with Crippen LogP contribution in [-0.4, -0.2) is 49.9 Å². The fourth-order valence-corrected chi connectivity index (χ4v) is 4.46. The predicted octanol–water partition coefficient (Wildman–Crippen LogP) is 2.99. The van der Waals surface area contributed by atoms with Gasteiger partial charge in [-0.15, -0.1) is 0 Å². The van der Waals surface area contributed by atoms with E-state index in [1.807, 2.05) is 4.72 Å². The van der Waals surface area contributed by atoms with Crippen LogP contribution in [0.3, 0.4) is 0 Å². The summed E-state index contributed by atoms with van der Waals surface area (Å²) in [5, 5.41) is 12.3. The number of nitrogens with zero attached hydrogens (tertiary/aromatic N) is 2. The van der Waals surface area contributed by atoms with E-state index in [4.69, 9.17) is 0 Å². The zero-order valence-corrected chi connectivity index (χ0v) is 19.9. The molecule has 0 aliphatic carbocycles. The zero-order valence-electron chi connectivity index (χ0n) is 19.1. The monoisotopic (exact) mass is 518 g/mol. The molecule has 0 saturated carbocycles. The number of amides is 1. The molecule has 1 aliphatic heterocycles. The Hall–Kier alpha value is -2.93. The highest BCUT2D eigenvalue weighted by molar-refractivity contribution is 7.92. The minimum absolute atomic E-state index is 0.0478. The summed E-state index contributed by atoms with van der Waals surface area (Å²) in [6.45, 7) is 1.57. The summed E-state index contributed by atoms with van der Waals surface area (Å²) in [4.78, 5) is 18.1. The van der Waals surface area contributed by atoms with Gasteiger partial charge in [0.05, 0.1) is 30.5 Å². The second-order valence-corrected chi connectivity index (χ2v) is 10.2. The molecule has 13 heteroatoms. The van der Waals surface area contributed by atoms with E-state index < -0.39 is 39.5 Å². The molecular weight excluding hydrogens is 492 g/mol. The van der Waals surface area contributed by atoms with Gasteiger partial charge in [0.25, 0.3) is 0 Å². The van der Waals surface area contributed by atoms with Crippen LogP contribution in [0.4, 0.5) is 29.1 Å². The largest absolute Gasteiger partial charge is 0.433 e. The lowest BCUT2D eigenvalue weighted by molar-refractivity contribution is -0.141. The maximum absolute atomic E-state index is 14.3. The lowest BCUT2D eigenvalue weighted by atomic mass is 9.99. The summed E-state index contributed by atoms with van der Waals surface area (Å²) in [6.07, 6.45) is -2.48. The van der Waals surface area contributed by atoms with Crippen molar-refractivity contribution in [3.05, 3.63) is 53.0 Å². The quantitative estimate of drug-likeness (QED) is 0.464. The topological polar surface area (TPSA) is 112 Å². The minimum Gasteiger partial charge on any atom is -0.394 e. The predicted molar refractivity (Wildman–Crippen MR) is 122 cm³/mol. The fraction of sp³-hybridized carbons (Fsp3) is 0.455. The molecule has 0 spiro atoms. The highest BCUT2D eigenvalue weighted by atomic mass is 32.2. The van der Waals surface area contributed by atoms with Crippen molar-refractivity contribution < 1.29 is 35.9 Å². The Kier molecular flexibility index (Phi) is 7.90. The first kappa shape index (κ1) is 26.7. The summed E-state index contributed by atoms with van der Waals surface area (Å²) >= 11 is 0. The van der Waals surface area contributed by atoms with Crippen LogP contribution >= 0.6 is 0 Å². The van der Waals surface area contributed by atoms with Gasteiger partial charge in [-0.2, -0.15) is 13.2 Å². The number of benzene rings is 1. The second-order valence-electron chi connectivity index (χ2n) is 8.40. The number of halogens is 4. The summed E-state index contributed by atoms with van der Waals surface area (Å²) in [6, 6.07) is 5.35. The number of aliphatic hydroxyl groups excluding tert-OH is 1. The van der Waals surface area contributed by atoms with Crippen LogP contribution in [0.1, 0.15) is 42.5 Å².